The van der Waals surface area contributed by atoms with Crippen molar-refractivity contribution in [1.82, 2.24) is 4.90 Å². The van der Waals surface area contributed by atoms with E-state index in [2.05, 4.69) is 71.0 Å². The minimum atomic E-state index is 0.231. The monoisotopic (exact) mass is 378 g/mol. The van der Waals surface area contributed by atoms with Gasteiger partial charge in [0.05, 0.1) is 0 Å². The zero-order chi connectivity index (χ0) is 16.4. The van der Waals surface area contributed by atoms with Gasteiger partial charge in [0.25, 0.3) is 0 Å². The molecule has 1 aromatic rings. The first kappa shape index (κ1) is 17.0. The van der Waals surface area contributed by atoms with Crippen LogP contribution in [0.25, 0.3) is 0 Å². The molecule has 1 aromatic carbocycles. The van der Waals surface area contributed by atoms with Gasteiger partial charge in [-0.05, 0) is 58.4 Å². The third-order valence-electron chi connectivity index (χ3n) is 5.04. The van der Waals surface area contributed by atoms with Crippen molar-refractivity contribution in [2.75, 3.05) is 13.1 Å². The lowest BCUT2D eigenvalue weighted by Crippen LogP contribution is -2.37. The van der Waals surface area contributed by atoms with Crippen LogP contribution in [0, 0.1) is 5.92 Å². The number of piperidine rings is 1. The minimum absolute atomic E-state index is 0.231. The van der Waals surface area contributed by atoms with E-state index in [1.807, 2.05) is 0 Å². The second-order valence-corrected chi connectivity index (χ2v) is 8.79. The van der Waals surface area contributed by atoms with Crippen molar-refractivity contribution in [2.45, 2.75) is 58.1 Å². The number of oxime groups is 1. The molecule has 1 fully saturated rings. The van der Waals surface area contributed by atoms with Crippen LogP contribution in [0.1, 0.15) is 51.2 Å². The third-order valence-corrected chi connectivity index (χ3v) is 5.51. The van der Waals surface area contributed by atoms with E-state index in [1.54, 1.807) is 0 Å². The highest BCUT2D eigenvalue weighted by Crippen LogP contribution is 2.30. The second-order valence-electron chi connectivity index (χ2n) is 7.88. The molecule has 126 valence electrons. The lowest BCUT2D eigenvalue weighted by atomic mass is 9.86. The SMILES string of the molecule is CC(C)(C)c1ccc(CN2CCC([C@H]3CC(Br)=NO3)CC2)cc1. The third kappa shape index (κ3) is 4.36. The maximum Gasteiger partial charge on any atom is 0.136 e. The second kappa shape index (κ2) is 6.94. The highest BCUT2D eigenvalue weighted by Gasteiger charge is 2.31. The van der Waals surface area contributed by atoms with Crippen molar-refractivity contribution in [3.8, 4) is 0 Å². The summed E-state index contributed by atoms with van der Waals surface area (Å²) in [6.45, 7) is 10.2. The number of hydrogen-bond acceptors (Lipinski definition) is 3. The van der Waals surface area contributed by atoms with Crippen LogP contribution in [0.2, 0.25) is 0 Å². The van der Waals surface area contributed by atoms with Crippen molar-refractivity contribution < 1.29 is 4.84 Å². The largest absolute Gasteiger partial charge is 0.391 e. The molecule has 0 bridgehead atoms. The van der Waals surface area contributed by atoms with Gasteiger partial charge in [-0.15, -0.1) is 0 Å². The summed E-state index contributed by atoms with van der Waals surface area (Å²) in [6.07, 6.45) is 3.65. The molecule has 1 atom stereocenters. The molecule has 2 aliphatic rings. The Bertz CT molecular complexity index is 554. The van der Waals surface area contributed by atoms with E-state index in [4.69, 9.17) is 4.84 Å². The zero-order valence-corrected chi connectivity index (χ0v) is 16.0. The smallest absolute Gasteiger partial charge is 0.136 e. The van der Waals surface area contributed by atoms with E-state index in [9.17, 15) is 0 Å². The molecule has 0 spiro atoms. The highest BCUT2D eigenvalue weighted by atomic mass is 79.9. The van der Waals surface area contributed by atoms with Gasteiger partial charge in [0, 0.05) is 18.9 Å². The van der Waals surface area contributed by atoms with Gasteiger partial charge >= 0.3 is 0 Å². The number of halogens is 1. The molecule has 3 nitrogen and oxygen atoms in total. The molecule has 0 aliphatic carbocycles. The fourth-order valence-electron chi connectivity index (χ4n) is 3.47. The van der Waals surface area contributed by atoms with E-state index in [-0.39, 0.29) is 11.5 Å². The molecule has 0 amide bonds. The van der Waals surface area contributed by atoms with Crippen LogP contribution in [0.15, 0.2) is 29.4 Å². The van der Waals surface area contributed by atoms with Gasteiger partial charge in [0.1, 0.15) is 10.7 Å². The summed E-state index contributed by atoms with van der Waals surface area (Å²) in [5, 5.41) is 4.03. The summed E-state index contributed by atoms with van der Waals surface area (Å²) < 4.78 is 0.962. The summed E-state index contributed by atoms with van der Waals surface area (Å²) >= 11 is 3.44. The Balaban J connectivity index is 1.49. The Morgan fingerprint density at radius 2 is 1.83 bits per heavy atom. The fourth-order valence-corrected chi connectivity index (χ4v) is 3.87. The van der Waals surface area contributed by atoms with Gasteiger partial charge in [-0.25, -0.2) is 0 Å². The van der Waals surface area contributed by atoms with Gasteiger partial charge in [-0.1, -0.05) is 50.2 Å². The van der Waals surface area contributed by atoms with Crippen LogP contribution < -0.4 is 0 Å². The van der Waals surface area contributed by atoms with Crippen LogP contribution in [0.5, 0.6) is 0 Å². The maximum atomic E-state index is 5.53. The van der Waals surface area contributed by atoms with E-state index in [1.165, 1.54) is 24.0 Å². The van der Waals surface area contributed by atoms with E-state index in [0.717, 1.165) is 30.7 Å². The summed E-state index contributed by atoms with van der Waals surface area (Å²) in [6, 6.07) is 9.14. The number of nitrogens with zero attached hydrogens (tertiary/aromatic N) is 2. The Labute approximate surface area is 148 Å². The molecule has 0 unspecified atom stereocenters. The first-order chi connectivity index (χ1) is 10.9. The van der Waals surface area contributed by atoms with Crippen LogP contribution in [-0.2, 0) is 16.8 Å². The zero-order valence-electron chi connectivity index (χ0n) is 14.4. The Kier molecular flexibility index (Phi) is 5.12. The topological polar surface area (TPSA) is 24.8 Å². The molecule has 3 rings (SSSR count). The van der Waals surface area contributed by atoms with Crippen LogP contribution in [-0.4, -0.2) is 28.7 Å². The van der Waals surface area contributed by atoms with Crippen LogP contribution in [0.4, 0.5) is 0 Å². The standard InChI is InChI=1S/C19H27BrN2O/c1-19(2,3)16-6-4-14(5-7-16)13-22-10-8-15(9-11-22)17-12-18(20)21-23-17/h4-7,15,17H,8-13H2,1-3H3/t17-/m1/s1. The number of likely N-dealkylation sites (tertiary alicyclic amines) is 1. The van der Waals surface area contributed by atoms with Crippen molar-refractivity contribution in [3.63, 3.8) is 0 Å². The van der Waals surface area contributed by atoms with Gasteiger partial charge in [-0.2, -0.15) is 0 Å². The van der Waals surface area contributed by atoms with Crippen molar-refractivity contribution in [1.29, 1.82) is 0 Å². The molecule has 2 heterocycles. The first-order valence-electron chi connectivity index (χ1n) is 8.62. The predicted octanol–water partition coefficient (Wildman–Crippen LogP) is 4.69. The molecule has 0 saturated carbocycles. The van der Waals surface area contributed by atoms with Crippen molar-refractivity contribution >= 4 is 20.6 Å². The maximum absolute atomic E-state index is 5.53. The molecule has 0 radical (unpaired) electrons. The van der Waals surface area contributed by atoms with Gasteiger partial charge in [0.2, 0.25) is 0 Å². The highest BCUT2D eigenvalue weighted by molar-refractivity contribution is 9.18. The minimum Gasteiger partial charge on any atom is -0.391 e. The van der Waals surface area contributed by atoms with E-state index < -0.39 is 0 Å². The normalized spacial score (nSPS) is 23.7. The molecular weight excluding hydrogens is 352 g/mol. The van der Waals surface area contributed by atoms with Gasteiger partial charge in [0.15, 0.2) is 0 Å². The molecule has 0 N–H and O–H groups in total. The van der Waals surface area contributed by atoms with Gasteiger partial charge in [-0.3, -0.25) is 4.90 Å². The number of benzene rings is 1. The predicted molar refractivity (Wildman–Crippen MR) is 99.0 cm³/mol. The summed E-state index contributed by atoms with van der Waals surface area (Å²) in [4.78, 5) is 8.09. The van der Waals surface area contributed by atoms with Crippen LogP contribution in [0.3, 0.4) is 0 Å². The van der Waals surface area contributed by atoms with Crippen LogP contribution >= 0.6 is 15.9 Å². The first-order valence-corrected chi connectivity index (χ1v) is 9.41. The lowest BCUT2D eigenvalue weighted by Gasteiger charge is -2.33. The number of hydrogen-bond donors (Lipinski definition) is 0. The molecule has 1 saturated heterocycles. The molecular formula is C19H27BrN2O. The summed E-state index contributed by atoms with van der Waals surface area (Å²) in [5.74, 6) is 0.647. The molecule has 0 aromatic heterocycles. The summed E-state index contributed by atoms with van der Waals surface area (Å²) in [5.41, 5.74) is 3.05. The number of rotatable bonds is 3. The molecule has 23 heavy (non-hydrogen) atoms. The average Bonchev–Trinajstić information content (AvgIpc) is 2.94. The average molecular weight is 379 g/mol. The fraction of sp³-hybridized carbons (Fsp3) is 0.632. The van der Waals surface area contributed by atoms with Gasteiger partial charge < -0.3 is 4.84 Å². The molecule has 4 heteroatoms. The Morgan fingerprint density at radius 1 is 1.17 bits per heavy atom. The van der Waals surface area contributed by atoms with E-state index >= 15 is 0 Å². The van der Waals surface area contributed by atoms with Crippen molar-refractivity contribution in [2.24, 2.45) is 11.1 Å². The quantitative estimate of drug-likeness (QED) is 0.761. The van der Waals surface area contributed by atoms with Crippen molar-refractivity contribution in [3.05, 3.63) is 35.4 Å². The molecule has 2 aliphatic heterocycles. The van der Waals surface area contributed by atoms with E-state index in [0.29, 0.717) is 5.92 Å². The lowest BCUT2D eigenvalue weighted by molar-refractivity contribution is 0.0127. The Hall–Kier alpha value is -0.870. The summed E-state index contributed by atoms with van der Waals surface area (Å²) in [7, 11) is 0. The Morgan fingerprint density at radius 3 is 2.35 bits per heavy atom.